The molecule has 0 unspecified atom stereocenters. The Labute approximate surface area is 151 Å². The van der Waals surface area contributed by atoms with Gasteiger partial charge in [-0.3, -0.25) is 14.9 Å². The lowest BCUT2D eigenvalue weighted by atomic mass is 10.2. The number of hydrogen-bond donors (Lipinski definition) is 1. The zero-order chi connectivity index (χ0) is 18.0. The summed E-state index contributed by atoms with van der Waals surface area (Å²) >= 11 is 7.13. The number of anilines is 1. The molecule has 2 aromatic heterocycles. The first kappa shape index (κ1) is 17.1. The van der Waals surface area contributed by atoms with Gasteiger partial charge in [-0.15, -0.1) is 11.3 Å². The molecule has 0 spiro atoms. The number of nitrogens with zero attached hydrogens (tertiary/aromatic N) is 2. The van der Waals surface area contributed by atoms with E-state index in [2.05, 4.69) is 10.3 Å². The largest absolute Gasteiger partial charge is 0.459 e. The summed E-state index contributed by atoms with van der Waals surface area (Å²) in [6, 6.07) is 7.76. The van der Waals surface area contributed by atoms with Crippen molar-refractivity contribution in [3.05, 3.63) is 62.3 Å². The molecule has 9 heteroatoms. The molecule has 3 rings (SSSR count). The maximum Gasteiger partial charge on any atom is 0.289 e. The molecule has 1 N–H and O–H groups in total. The molecule has 0 saturated heterocycles. The molecule has 3 aromatic rings. The van der Waals surface area contributed by atoms with Gasteiger partial charge in [-0.25, -0.2) is 4.98 Å². The summed E-state index contributed by atoms with van der Waals surface area (Å²) in [5.41, 5.74) is 0.636. The minimum Gasteiger partial charge on any atom is -0.459 e. The fraction of sp³-hybridized carbons (Fsp3) is 0.125. The standard InChI is InChI=1S/C16H12ClN3O4S/c1-9-2-5-14(24-9)16-19-11(8-25-16)7-15(21)18-10-3-4-12(17)13(6-10)20(22)23/h2-6,8H,7H2,1H3,(H,18,21). The molecule has 0 atom stereocenters. The molecule has 0 aliphatic rings. The van der Waals surface area contributed by atoms with Crippen LogP contribution in [0.5, 0.6) is 0 Å². The van der Waals surface area contributed by atoms with Crippen molar-refractivity contribution < 1.29 is 14.1 Å². The van der Waals surface area contributed by atoms with Gasteiger partial charge < -0.3 is 9.73 Å². The summed E-state index contributed by atoms with van der Waals surface area (Å²) in [5.74, 6) is 1.11. The number of furan rings is 1. The summed E-state index contributed by atoms with van der Waals surface area (Å²) in [5, 5.41) is 16.0. The highest BCUT2D eigenvalue weighted by atomic mass is 35.5. The zero-order valence-corrected chi connectivity index (χ0v) is 14.6. The molecule has 2 heterocycles. The van der Waals surface area contributed by atoms with Gasteiger partial charge in [0.05, 0.1) is 17.0 Å². The Balaban J connectivity index is 1.68. The van der Waals surface area contributed by atoms with Crippen molar-refractivity contribution in [2.45, 2.75) is 13.3 Å². The number of aromatic nitrogens is 1. The number of carbonyl (C=O) groups excluding carboxylic acids is 1. The summed E-state index contributed by atoms with van der Waals surface area (Å²) in [6.07, 6.45) is 0.0482. The van der Waals surface area contributed by atoms with Crippen LogP contribution in [0.15, 0.2) is 40.1 Å². The van der Waals surface area contributed by atoms with Crippen LogP contribution in [0.4, 0.5) is 11.4 Å². The van der Waals surface area contributed by atoms with Gasteiger partial charge in [0.15, 0.2) is 10.8 Å². The minimum absolute atomic E-state index is 0.0147. The van der Waals surface area contributed by atoms with Crippen molar-refractivity contribution in [1.82, 2.24) is 4.98 Å². The van der Waals surface area contributed by atoms with Gasteiger partial charge in [-0.1, -0.05) is 11.6 Å². The predicted octanol–water partition coefficient (Wildman–Crippen LogP) is 4.45. The molecule has 0 bridgehead atoms. The molecule has 0 saturated carbocycles. The summed E-state index contributed by atoms with van der Waals surface area (Å²) < 4.78 is 5.50. The second-order valence-electron chi connectivity index (χ2n) is 5.20. The first-order valence-corrected chi connectivity index (χ1v) is 8.43. The normalized spacial score (nSPS) is 10.6. The van der Waals surface area contributed by atoms with E-state index in [0.29, 0.717) is 22.1 Å². The second kappa shape index (κ2) is 7.04. The van der Waals surface area contributed by atoms with E-state index < -0.39 is 4.92 Å². The van der Waals surface area contributed by atoms with Crippen LogP contribution in [-0.2, 0) is 11.2 Å². The molecule has 0 radical (unpaired) electrons. The lowest BCUT2D eigenvalue weighted by Crippen LogP contribution is -2.14. The number of rotatable bonds is 5. The van der Waals surface area contributed by atoms with Gasteiger partial charge in [0.25, 0.3) is 5.69 Å². The number of thiazole rings is 1. The second-order valence-corrected chi connectivity index (χ2v) is 6.47. The number of nitrogens with one attached hydrogen (secondary N) is 1. The van der Waals surface area contributed by atoms with E-state index in [1.54, 1.807) is 5.38 Å². The highest BCUT2D eigenvalue weighted by Crippen LogP contribution is 2.28. The van der Waals surface area contributed by atoms with E-state index in [-0.39, 0.29) is 23.0 Å². The molecule has 7 nitrogen and oxygen atoms in total. The first-order valence-electron chi connectivity index (χ1n) is 7.17. The average Bonchev–Trinajstić information content (AvgIpc) is 3.17. The van der Waals surface area contributed by atoms with Crippen molar-refractivity contribution in [2.24, 2.45) is 0 Å². The number of hydrogen-bond acceptors (Lipinski definition) is 6. The average molecular weight is 378 g/mol. The van der Waals surface area contributed by atoms with Crippen molar-refractivity contribution >= 4 is 40.2 Å². The third kappa shape index (κ3) is 4.04. The number of aryl methyl sites for hydroxylation is 1. The third-order valence-corrected chi connectivity index (χ3v) is 4.50. The van der Waals surface area contributed by atoms with E-state index in [1.165, 1.54) is 29.5 Å². The van der Waals surface area contributed by atoms with Crippen LogP contribution in [0.25, 0.3) is 10.8 Å². The van der Waals surface area contributed by atoms with Crippen LogP contribution in [0, 0.1) is 17.0 Å². The fourth-order valence-corrected chi connectivity index (χ4v) is 3.12. The van der Waals surface area contributed by atoms with Gasteiger partial charge in [0.1, 0.15) is 10.8 Å². The van der Waals surface area contributed by atoms with Crippen LogP contribution in [0.2, 0.25) is 5.02 Å². The molecule has 0 aliphatic heterocycles. The van der Waals surface area contributed by atoms with Gasteiger partial charge in [-0.2, -0.15) is 0 Å². The Morgan fingerprint density at radius 2 is 2.20 bits per heavy atom. The van der Waals surface area contributed by atoms with Gasteiger partial charge >= 0.3 is 0 Å². The summed E-state index contributed by atoms with van der Waals surface area (Å²) in [6.45, 7) is 1.84. The molecular weight excluding hydrogens is 366 g/mol. The lowest BCUT2D eigenvalue weighted by Gasteiger charge is -2.04. The quantitative estimate of drug-likeness (QED) is 0.523. The highest BCUT2D eigenvalue weighted by Gasteiger charge is 2.15. The first-order chi connectivity index (χ1) is 11.9. The maximum atomic E-state index is 12.1. The van der Waals surface area contributed by atoms with Gasteiger partial charge in [0, 0.05) is 17.1 Å². The minimum atomic E-state index is -0.601. The van der Waals surface area contributed by atoms with Crippen LogP contribution in [-0.4, -0.2) is 15.8 Å². The monoisotopic (exact) mass is 377 g/mol. The van der Waals surface area contributed by atoms with Gasteiger partial charge in [0.2, 0.25) is 5.91 Å². The summed E-state index contributed by atoms with van der Waals surface area (Å²) in [4.78, 5) is 26.8. The molecule has 1 aromatic carbocycles. The molecule has 1 amide bonds. The molecule has 0 aliphatic carbocycles. The number of nitro benzene ring substituents is 1. The molecular formula is C16H12ClN3O4S. The zero-order valence-electron chi connectivity index (χ0n) is 13.0. The Hall–Kier alpha value is -2.71. The van der Waals surface area contributed by atoms with Crippen molar-refractivity contribution in [2.75, 3.05) is 5.32 Å². The van der Waals surface area contributed by atoms with Crippen LogP contribution in [0.1, 0.15) is 11.5 Å². The Morgan fingerprint density at radius 3 is 2.88 bits per heavy atom. The Kier molecular flexibility index (Phi) is 4.82. The SMILES string of the molecule is Cc1ccc(-c2nc(CC(=O)Nc3ccc(Cl)c([N+](=O)[O-])c3)cs2)o1. The smallest absolute Gasteiger partial charge is 0.289 e. The lowest BCUT2D eigenvalue weighted by molar-refractivity contribution is -0.384. The Bertz CT molecular complexity index is 951. The topological polar surface area (TPSA) is 98.3 Å². The van der Waals surface area contributed by atoms with Crippen LogP contribution in [0.3, 0.4) is 0 Å². The van der Waals surface area contributed by atoms with E-state index >= 15 is 0 Å². The number of amides is 1. The number of nitro groups is 1. The van der Waals surface area contributed by atoms with E-state index in [0.717, 1.165) is 5.76 Å². The predicted molar refractivity (Wildman–Crippen MR) is 95.0 cm³/mol. The fourth-order valence-electron chi connectivity index (χ4n) is 2.15. The molecule has 128 valence electrons. The number of carbonyl (C=O) groups is 1. The van der Waals surface area contributed by atoms with Gasteiger partial charge in [-0.05, 0) is 31.2 Å². The highest BCUT2D eigenvalue weighted by molar-refractivity contribution is 7.13. The van der Waals surface area contributed by atoms with Crippen LogP contribution >= 0.6 is 22.9 Å². The summed E-state index contributed by atoms with van der Waals surface area (Å²) in [7, 11) is 0. The number of halogens is 1. The number of benzene rings is 1. The van der Waals surface area contributed by atoms with Crippen molar-refractivity contribution in [3.8, 4) is 10.8 Å². The van der Waals surface area contributed by atoms with Crippen molar-refractivity contribution in [1.29, 1.82) is 0 Å². The van der Waals surface area contributed by atoms with Crippen LogP contribution < -0.4 is 5.32 Å². The van der Waals surface area contributed by atoms with E-state index in [9.17, 15) is 14.9 Å². The Morgan fingerprint density at radius 1 is 1.40 bits per heavy atom. The van der Waals surface area contributed by atoms with E-state index in [4.69, 9.17) is 16.0 Å². The molecule has 25 heavy (non-hydrogen) atoms. The van der Waals surface area contributed by atoms with Crippen molar-refractivity contribution in [3.63, 3.8) is 0 Å². The maximum absolute atomic E-state index is 12.1. The third-order valence-electron chi connectivity index (χ3n) is 3.27. The van der Waals surface area contributed by atoms with E-state index in [1.807, 2.05) is 19.1 Å². The molecule has 0 fully saturated rings.